The van der Waals surface area contributed by atoms with Crippen LogP contribution in [-0.4, -0.2) is 29.7 Å². The summed E-state index contributed by atoms with van der Waals surface area (Å²) in [5.41, 5.74) is 7.30. The lowest BCUT2D eigenvalue weighted by molar-refractivity contribution is 0.387. The number of aromatic nitrogens is 4. The molecule has 0 spiro atoms. The van der Waals surface area contributed by atoms with Gasteiger partial charge in [-0.15, -0.1) is 0 Å². The number of aromatic amines is 2. The molecule has 0 fully saturated rings. The van der Waals surface area contributed by atoms with E-state index in [1.165, 1.54) is 6.07 Å². The zero-order chi connectivity index (χ0) is 23.3. The average molecular weight is 466 g/mol. The molecule has 1 aromatic carbocycles. The van der Waals surface area contributed by atoms with Gasteiger partial charge in [0.25, 0.3) is 0 Å². The van der Waals surface area contributed by atoms with Gasteiger partial charge in [-0.1, -0.05) is 18.2 Å². The summed E-state index contributed by atoms with van der Waals surface area (Å²) in [7, 11) is -4.53. The Hall–Kier alpha value is -4.03. The molecule has 4 N–H and O–H groups in total. The Morgan fingerprint density at radius 2 is 1.15 bits per heavy atom. The highest BCUT2D eigenvalue weighted by Gasteiger charge is 2.25. The summed E-state index contributed by atoms with van der Waals surface area (Å²) < 4.78 is 12.3. The van der Waals surface area contributed by atoms with Gasteiger partial charge in [0.1, 0.15) is 0 Å². The van der Waals surface area contributed by atoms with Gasteiger partial charge < -0.3 is 19.8 Å². The molecule has 0 radical (unpaired) electrons. The normalized spacial score (nSPS) is 12.9. The molecule has 0 saturated heterocycles. The lowest BCUT2D eigenvalue weighted by Gasteiger charge is -2.12. The molecule has 3 aromatic heterocycles. The highest BCUT2D eigenvalue weighted by atomic mass is 31.2. The maximum Gasteiger partial charge on any atom is 0.356 e. The number of rotatable bonds is 2. The van der Waals surface area contributed by atoms with Crippen LogP contribution < -0.4 is 5.30 Å². The molecule has 8 bridgehead atoms. The van der Waals surface area contributed by atoms with Gasteiger partial charge in [0.15, 0.2) is 0 Å². The largest absolute Gasteiger partial charge is 0.356 e. The molecule has 166 valence electrons. The minimum absolute atomic E-state index is 0.0555. The highest BCUT2D eigenvalue weighted by molar-refractivity contribution is 7.60. The van der Waals surface area contributed by atoms with Crippen LogP contribution in [0, 0.1) is 0 Å². The quantitative estimate of drug-likeness (QED) is 0.264. The van der Waals surface area contributed by atoms with E-state index in [0.29, 0.717) is 22.5 Å². The van der Waals surface area contributed by atoms with Crippen LogP contribution in [0.3, 0.4) is 0 Å². The molecule has 0 aliphatic carbocycles. The second kappa shape index (κ2) is 7.78. The standard InChI is InChI=1S/C26H19N4O3P/c31-34(32,33)25-4-2-1-3-22(25)26-23-11-9-20(29-23)14-18-7-5-16(27-18)13-17-6-8-19(28-17)15-21-10-12-24(26)30-21/h1-15,27-28H,(H2,31,32,33). The summed E-state index contributed by atoms with van der Waals surface area (Å²) in [6, 6.07) is 20.4. The molecule has 0 saturated carbocycles. The van der Waals surface area contributed by atoms with E-state index >= 15 is 0 Å². The van der Waals surface area contributed by atoms with Gasteiger partial charge in [-0.2, -0.15) is 0 Å². The van der Waals surface area contributed by atoms with Crippen LogP contribution in [0.25, 0.3) is 57.5 Å². The third-order valence-corrected chi connectivity index (χ3v) is 6.72. The smallest absolute Gasteiger partial charge is 0.355 e. The van der Waals surface area contributed by atoms with E-state index in [9.17, 15) is 14.4 Å². The van der Waals surface area contributed by atoms with E-state index in [1.54, 1.807) is 18.2 Å². The van der Waals surface area contributed by atoms with Crippen LogP contribution in [0.1, 0.15) is 22.8 Å². The Kier molecular flexibility index (Phi) is 4.71. The molecule has 2 aliphatic rings. The SMILES string of the molecule is O=P(O)(O)c1ccccc1-c1c2nc(cc3ccc(cc4ccc(cc5nc1C=C5)[nH]4)[nH]3)C=C2. The average Bonchev–Trinajstić information content (AvgIpc) is 3.59. The van der Waals surface area contributed by atoms with E-state index in [0.717, 1.165) is 33.5 Å². The monoisotopic (exact) mass is 466 g/mol. The number of hydrogen-bond acceptors (Lipinski definition) is 3. The van der Waals surface area contributed by atoms with Crippen LogP contribution in [0.4, 0.5) is 0 Å². The van der Waals surface area contributed by atoms with Gasteiger partial charge in [-0.05, 0) is 72.8 Å². The number of benzene rings is 1. The summed E-state index contributed by atoms with van der Waals surface area (Å²) in [6.07, 6.45) is 7.45. The predicted octanol–water partition coefficient (Wildman–Crippen LogP) is 5.13. The Morgan fingerprint density at radius 1 is 0.647 bits per heavy atom. The van der Waals surface area contributed by atoms with Gasteiger partial charge in [-0.25, -0.2) is 9.97 Å². The second-order valence-corrected chi connectivity index (χ2v) is 9.69. The fourth-order valence-corrected chi connectivity index (χ4v) is 5.00. The number of nitrogens with zero attached hydrogens (tertiary/aromatic N) is 2. The van der Waals surface area contributed by atoms with E-state index in [2.05, 4.69) is 9.97 Å². The lowest BCUT2D eigenvalue weighted by atomic mass is 10.0. The van der Waals surface area contributed by atoms with E-state index in [4.69, 9.17) is 9.97 Å². The van der Waals surface area contributed by atoms with Crippen molar-refractivity contribution in [3.8, 4) is 11.1 Å². The van der Waals surface area contributed by atoms with E-state index in [-0.39, 0.29) is 5.30 Å². The second-order valence-electron chi connectivity index (χ2n) is 8.12. The molecule has 0 unspecified atom stereocenters. The summed E-state index contributed by atoms with van der Waals surface area (Å²) in [5.74, 6) is 0. The predicted molar refractivity (Wildman–Crippen MR) is 136 cm³/mol. The number of fused-ring (bicyclic) bond motifs is 8. The first-order chi connectivity index (χ1) is 16.4. The van der Waals surface area contributed by atoms with Crippen molar-refractivity contribution in [2.45, 2.75) is 0 Å². The molecule has 7 nitrogen and oxygen atoms in total. The number of H-pyrrole nitrogens is 2. The maximum absolute atomic E-state index is 12.3. The molecular formula is C26H19N4O3P. The molecular weight excluding hydrogens is 447 g/mol. The van der Waals surface area contributed by atoms with Gasteiger partial charge >= 0.3 is 7.60 Å². The van der Waals surface area contributed by atoms with Crippen LogP contribution in [0.5, 0.6) is 0 Å². The Bertz CT molecular complexity index is 1630. The summed E-state index contributed by atoms with van der Waals surface area (Å²) in [4.78, 5) is 36.3. The molecule has 8 heteroatoms. The highest BCUT2D eigenvalue weighted by Crippen LogP contribution is 2.40. The zero-order valence-electron chi connectivity index (χ0n) is 17.8. The van der Waals surface area contributed by atoms with Gasteiger partial charge in [-0.3, -0.25) is 4.57 Å². The first-order valence-corrected chi connectivity index (χ1v) is 12.3. The third kappa shape index (κ3) is 3.82. The molecule has 5 heterocycles. The topological polar surface area (TPSA) is 115 Å². The van der Waals surface area contributed by atoms with Crippen molar-refractivity contribution in [1.29, 1.82) is 0 Å². The Morgan fingerprint density at radius 3 is 1.68 bits per heavy atom. The Labute approximate surface area is 194 Å². The minimum Gasteiger partial charge on any atom is -0.355 e. The summed E-state index contributed by atoms with van der Waals surface area (Å²) in [6.45, 7) is 0. The molecule has 34 heavy (non-hydrogen) atoms. The zero-order valence-corrected chi connectivity index (χ0v) is 18.7. The molecule has 2 aliphatic heterocycles. The van der Waals surface area contributed by atoms with Gasteiger partial charge in [0.05, 0.1) is 28.1 Å². The van der Waals surface area contributed by atoms with Crippen LogP contribution in [0.15, 0.2) is 66.7 Å². The van der Waals surface area contributed by atoms with E-state index in [1.807, 2.05) is 66.8 Å². The number of hydrogen-bond donors (Lipinski definition) is 4. The minimum atomic E-state index is -4.53. The van der Waals surface area contributed by atoms with E-state index < -0.39 is 7.60 Å². The summed E-state index contributed by atoms with van der Waals surface area (Å²) in [5, 5.41) is -0.0555. The first-order valence-electron chi connectivity index (χ1n) is 10.7. The maximum atomic E-state index is 12.3. The first kappa shape index (κ1) is 20.6. The van der Waals surface area contributed by atoms with Crippen molar-refractivity contribution in [2.75, 3.05) is 0 Å². The van der Waals surface area contributed by atoms with Crippen molar-refractivity contribution in [2.24, 2.45) is 0 Å². The molecule has 0 atom stereocenters. The third-order valence-electron chi connectivity index (χ3n) is 5.70. The van der Waals surface area contributed by atoms with Crippen molar-refractivity contribution < 1.29 is 14.4 Å². The fourth-order valence-electron chi connectivity index (χ4n) is 4.22. The lowest BCUT2D eigenvalue weighted by Crippen LogP contribution is -2.08. The van der Waals surface area contributed by atoms with Crippen LogP contribution in [0.2, 0.25) is 0 Å². The van der Waals surface area contributed by atoms with Crippen molar-refractivity contribution in [3.63, 3.8) is 0 Å². The van der Waals surface area contributed by atoms with Crippen molar-refractivity contribution in [3.05, 3.63) is 89.5 Å². The Balaban J connectivity index is 1.74. The fraction of sp³-hybridized carbons (Fsp3) is 0. The molecule has 4 aromatic rings. The van der Waals surface area contributed by atoms with Crippen LogP contribution in [-0.2, 0) is 4.57 Å². The van der Waals surface area contributed by atoms with Gasteiger partial charge in [0.2, 0.25) is 0 Å². The summed E-state index contributed by atoms with van der Waals surface area (Å²) >= 11 is 0. The van der Waals surface area contributed by atoms with Gasteiger partial charge in [0, 0.05) is 33.2 Å². The number of nitrogens with one attached hydrogen (secondary N) is 2. The molecule has 0 amide bonds. The molecule has 6 rings (SSSR count). The van der Waals surface area contributed by atoms with Crippen molar-refractivity contribution in [1.82, 2.24) is 19.9 Å². The van der Waals surface area contributed by atoms with Crippen molar-refractivity contribution >= 4 is 59.3 Å². The van der Waals surface area contributed by atoms with Crippen LogP contribution >= 0.6 is 7.60 Å².